The smallest absolute Gasteiger partial charge is 0.408 e. The van der Waals surface area contributed by atoms with E-state index in [4.69, 9.17) is 9.47 Å². The third-order valence-electron chi connectivity index (χ3n) is 4.82. The molecule has 1 aromatic carbocycles. The van der Waals surface area contributed by atoms with Gasteiger partial charge >= 0.3 is 6.09 Å². The maximum Gasteiger partial charge on any atom is 0.408 e. The van der Waals surface area contributed by atoms with Gasteiger partial charge in [0.2, 0.25) is 0 Å². The molecule has 1 saturated heterocycles. The molecule has 0 radical (unpaired) electrons. The molecule has 9 heteroatoms. The van der Waals surface area contributed by atoms with Gasteiger partial charge in [-0.1, -0.05) is 24.3 Å². The Kier molecular flexibility index (Phi) is 11.7. The van der Waals surface area contributed by atoms with Crippen LogP contribution >= 0.6 is 24.0 Å². The zero-order valence-electron chi connectivity index (χ0n) is 20.3. The Morgan fingerprint density at radius 1 is 1.09 bits per heavy atom. The molecule has 1 aliphatic rings. The number of alkyl carbamates (subject to hydrolysis) is 1. The van der Waals surface area contributed by atoms with Gasteiger partial charge in [-0.25, -0.2) is 4.79 Å². The molecule has 0 spiro atoms. The zero-order chi connectivity index (χ0) is 22.9. The molecule has 1 aromatic rings. The average molecular weight is 562 g/mol. The fraction of sp³-hybridized carbons (Fsp3) is 0.652. The largest absolute Gasteiger partial charge is 0.444 e. The highest BCUT2D eigenvalue weighted by molar-refractivity contribution is 14.0. The van der Waals surface area contributed by atoms with Crippen LogP contribution < -0.4 is 16.0 Å². The summed E-state index contributed by atoms with van der Waals surface area (Å²) in [4.78, 5) is 18.8. The minimum Gasteiger partial charge on any atom is -0.444 e. The first-order valence-electron chi connectivity index (χ1n) is 10.9. The van der Waals surface area contributed by atoms with E-state index in [1.165, 1.54) is 11.1 Å². The Morgan fingerprint density at radius 3 is 2.31 bits per heavy atom. The molecule has 1 heterocycles. The SMILES string of the molecule is CN=C(NCc1ccccc1CN1CCOCC1)NCC(C)(C)NC(=O)OC(C)(C)C.I. The maximum atomic E-state index is 12.1. The number of carbonyl (C=O) groups excluding carboxylic acids is 1. The van der Waals surface area contributed by atoms with Gasteiger partial charge in [-0.05, 0) is 45.7 Å². The van der Waals surface area contributed by atoms with E-state index in [0.29, 0.717) is 19.0 Å². The van der Waals surface area contributed by atoms with Crippen molar-refractivity contribution in [3.63, 3.8) is 0 Å². The van der Waals surface area contributed by atoms with Gasteiger partial charge in [0.05, 0.1) is 18.8 Å². The highest BCUT2D eigenvalue weighted by Gasteiger charge is 2.24. The Balaban J connectivity index is 0.00000512. The van der Waals surface area contributed by atoms with Gasteiger partial charge in [-0.3, -0.25) is 9.89 Å². The number of amides is 1. The number of hydrogen-bond donors (Lipinski definition) is 3. The first-order chi connectivity index (χ1) is 14.6. The van der Waals surface area contributed by atoms with Gasteiger partial charge in [0.1, 0.15) is 5.60 Å². The standard InChI is InChI=1S/C23H39N5O3.HI/c1-22(2,3)31-21(29)27-23(4,5)17-26-20(24-6)25-15-18-9-7-8-10-19(18)16-28-11-13-30-14-12-28;/h7-10H,11-17H2,1-6H3,(H,27,29)(H2,24,25,26);1H. The van der Waals surface area contributed by atoms with Crippen molar-refractivity contribution in [1.29, 1.82) is 0 Å². The number of nitrogens with one attached hydrogen (secondary N) is 3. The average Bonchev–Trinajstić information content (AvgIpc) is 2.68. The van der Waals surface area contributed by atoms with Crippen LogP contribution in [-0.2, 0) is 22.6 Å². The highest BCUT2D eigenvalue weighted by atomic mass is 127. The van der Waals surface area contributed by atoms with Gasteiger partial charge in [-0.15, -0.1) is 24.0 Å². The number of benzene rings is 1. The van der Waals surface area contributed by atoms with Gasteiger partial charge in [-0.2, -0.15) is 0 Å². The van der Waals surface area contributed by atoms with Crippen molar-refractivity contribution >= 4 is 36.0 Å². The van der Waals surface area contributed by atoms with Crippen molar-refractivity contribution in [3.8, 4) is 0 Å². The van der Waals surface area contributed by atoms with E-state index < -0.39 is 17.2 Å². The number of carbonyl (C=O) groups is 1. The van der Waals surface area contributed by atoms with E-state index in [2.05, 4.69) is 50.1 Å². The van der Waals surface area contributed by atoms with E-state index in [0.717, 1.165) is 32.8 Å². The van der Waals surface area contributed by atoms with Crippen LogP contribution in [0.4, 0.5) is 4.79 Å². The van der Waals surface area contributed by atoms with E-state index >= 15 is 0 Å². The lowest BCUT2D eigenvalue weighted by atomic mass is 10.1. The molecular formula is C23H40IN5O3. The van der Waals surface area contributed by atoms with Gasteiger partial charge in [0, 0.05) is 39.8 Å². The molecule has 182 valence electrons. The normalized spacial score (nSPS) is 15.5. The second-order valence-electron chi connectivity index (χ2n) is 9.45. The fourth-order valence-corrected chi connectivity index (χ4v) is 3.21. The molecular weight excluding hydrogens is 521 g/mol. The van der Waals surface area contributed by atoms with Crippen LogP contribution in [0.25, 0.3) is 0 Å². The van der Waals surface area contributed by atoms with Crippen molar-refractivity contribution in [3.05, 3.63) is 35.4 Å². The molecule has 1 fully saturated rings. The molecule has 0 atom stereocenters. The van der Waals surface area contributed by atoms with Gasteiger partial charge in [0.25, 0.3) is 0 Å². The number of aliphatic imine (C=N–C) groups is 1. The molecule has 0 unspecified atom stereocenters. The summed E-state index contributed by atoms with van der Waals surface area (Å²) in [7, 11) is 1.74. The van der Waals surface area contributed by atoms with E-state index in [-0.39, 0.29) is 24.0 Å². The number of morpholine rings is 1. The van der Waals surface area contributed by atoms with Gasteiger partial charge in [0.15, 0.2) is 5.96 Å². The lowest BCUT2D eigenvalue weighted by molar-refractivity contribution is 0.0340. The summed E-state index contributed by atoms with van der Waals surface area (Å²) in [5.74, 6) is 0.681. The molecule has 3 N–H and O–H groups in total. The molecule has 2 rings (SSSR count). The summed E-state index contributed by atoms with van der Waals surface area (Å²) in [6, 6.07) is 8.46. The highest BCUT2D eigenvalue weighted by Crippen LogP contribution is 2.13. The van der Waals surface area contributed by atoms with Crippen LogP contribution in [0.3, 0.4) is 0 Å². The number of guanidine groups is 1. The summed E-state index contributed by atoms with van der Waals surface area (Å²) >= 11 is 0. The molecule has 1 amide bonds. The number of nitrogens with zero attached hydrogens (tertiary/aromatic N) is 2. The number of halogens is 1. The van der Waals surface area contributed by atoms with Crippen LogP contribution in [0, 0.1) is 0 Å². The topological polar surface area (TPSA) is 87.2 Å². The van der Waals surface area contributed by atoms with Crippen molar-refractivity contribution in [2.24, 2.45) is 4.99 Å². The number of rotatable bonds is 7. The summed E-state index contributed by atoms with van der Waals surface area (Å²) in [5, 5.41) is 9.57. The minimum atomic E-state index is -0.528. The maximum absolute atomic E-state index is 12.1. The predicted octanol–water partition coefficient (Wildman–Crippen LogP) is 3.11. The predicted molar refractivity (Wildman–Crippen MR) is 140 cm³/mol. The van der Waals surface area contributed by atoms with Gasteiger partial charge < -0.3 is 25.4 Å². The lowest BCUT2D eigenvalue weighted by Gasteiger charge is -2.29. The summed E-state index contributed by atoms with van der Waals surface area (Å²) in [6.45, 7) is 15.0. The van der Waals surface area contributed by atoms with Crippen molar-refractivity contribution < 1.29 is 14.3 Å². The molecule has 1 aliphatic heterocycles. The monoisotopic (exact) mass is 561 g/mol. The summed E-state index contributed by atoms with van der Waals surface area (Å²) in [5.41, 5.74) is 1.51. The van der Waals surface area contributed by atoms with Crippen LogP contribution in [0.15, 0.2) is 29.3 Å². The molecule has 8 nitrogen and oxygen atoms in total. The quantitative estimate of drug-likeness (QED) is 0.270. The molecule has 0 bridgehead atoms. The van der Waals surface area contributed by atoms with Crippen molar-refractivity contribution in [2.75, 3.05) is 39.9 Å². The minimum absolute atomic E-state index is 0. The van der Waals surface area contributed by atoms with Crippen LogP contribution in [-0.4, -0.2) is 68.0 Å². The Morgan fingerprint density at radius 2 is 1.72 bits per heavy atom. The number of ether oxygens (including phenoxy) is 2. The Bertz CT molecular complexity index is 743. The Hall–Kier alpha value is -1.59. The third-order valence-corrected chi connectivity index (χ3v) is 4.82. The molecule has 0 aliphatic carbocycles. The van der Waals surface area contributed by atoms with E-state index in [9.17, 15) is 4.79 Å². The first kappa shape index (κ1) is 28.4. The van der Waals surface area contributed by atoms with E-state index in [1.807, 2.05) is 34.6 Å². The van der Waals surface area contributed by atoms with Crippen LogP contribution in [0.5, 0.6) is 0 Å². The second-order valence-corrected chi connectivity index (χ2v) is 9.45. The van der Waals surface area contributed by atoms with E-state index in [1.54, 1.807) is 7.05 Å². The third kappa shape index (κ3) is 10.8. The summed E-state index contributed by atoms with van der Waals surface area (Å²) < 4.78 is 10.8. The van der Waals surface area contributed by atoms with Crippen molar-refractivity contribution in [1.82, 2.24) is 20.9 Å². The molecule has 0 saturated carbocycles. The molecule has 32 heavy (non-hydrogen) atoms. The summed E-state index contributed by atoms with van der Waals surface area (Å²) in [6.07, 6.45) is -0.431. The zero-order valence-corrected chi connectivity index (χ0v) is 22.6. The Labute approximate surface area is 209 Å². The van der Waals surface area contributed by atoms with Crippen LogP contribution in [0.1, 0.15) is 45.7 Å². The molecule has 0 aromatic heterocycles. The lowest BCUT2D eigenvalue weighted by Crippen LogP contribution is -2.54. The van der Waals surface area contributed by atoms with Crippen LogP contribution in [0.2, 0.25) is 0 Å². The fourth-order valence-electron chi connectivity index (χ4n) is 3.21. The van der Waals surface area contributed by atoms with Crippen molar-refractivity contribution in [2.45, 2.75) is 58.8 Å². The first-order valence-corrected chi connectivity index (χ1v) is 10.9. The second kappa shape index (κ2) is 13.2. The number of hydrogen-bond acceptors (Lipinski definition) is 5.